The van der Waals surface area contributed by atoms with Crippen molar-refractivity contribution in [3.05, 3.63) is 23.2 Å². The number of nitrogens with one attached hydrogen (secondary N) is 1. The van der Waals surface area contributed by atoms with E-state index in [1.807, 2.05) is 13.8 Å². The number of sulfonamides is 1. The van der Waals surface area contributed by atoms with E-state index in [1.54, 1.807) is 0 Å². The number of carboxylic acid groups (broad SMARTS) is 1. The highest BCUT2D eigenvalue weighted by Gasteiger charge is 2.28. The Kier molecular flexibility index (Phi) is 6.00. The quantitative estimate of drug-likeness (QED) is 0.796. The molecule has 0 bridgehead atoms. The lowest BCUT2D eigenvalue weighted by molar-refractivity contribution is -0.139. The summed E-state index contributed by atoms with van der Waals surface area (Å²) in [4.78, 5) is 11.0. The van der Waals surface area contributed by atoms with Crippen LogP contribution in [0.1, 0.15) is 20.3 Å². The normalized spacial score (nSPS) is 13.2. The van der Waals surface area contributed by atoms with Gasteiger partial charge in [-0.25, -0.2) is 8.42 Å². The van der Waals surface area contributed by atoms with Crippen molar-refractivity contribution in [2.75, 3.05) is 7.11 Å². The molecular weight excluding hydrogens is 318 g/mol. The first kappa shape index (κ1) is 17.7. The van der Waals surface area contributed by atoms with Crippen molar-refractivity contribution < 1.29 is 23.1 Å². The molecule has 0 amide bonds. The minimum atomic E-state index is -4.02. The highest BCUT2D eigenvalue weighted by molar-refractivity contribution is 7.89. The summed E-state index contributed by atoms with van der Waals surface area (Å²) in [5.74, 6) is -1.13. The van der Waals surface area contributed by atoms with Gasteiger partial charge in [-0.05, 0) is 24.5 Å². The molecule has 21 heavy (non-hydrogen) atoms. The van der Waals surface area contributed by atoms with Gasteiger partial charge in [-0.3, -0.25) is 4.79 Å². The van der Waals surface area contributed by atoms with E-state index in [1.165, 1.54) is 25.3 Å². The van der Waals surface area contributed by atoms with Gasteiger partial charge in [0.25, 0.3) is 0 Å². The van der Waals surface area contributed by atoms with Crippen LogP contribution in [0.2, 0.25) is 5.02 Å². The molecule has 0 unspecified atom stereocenters. The van der Waals surface area contributed by atoms with Crippen molar-refractivity contribution in [1.29, 1.82) is 0 Å². The molecule has 0 spiro atoms. The summed E-state index contributed by atoms with van der Waals surface area (Å²) < 4.78 is 31.8. The zero-order valence-corrected chi connectivity index (χ0v) is 13.5. The first-order valence-electron chi connectivity index (χ1n) is 6.26. The van der Waals surface area contributed by atoms with Crippen LogP contribution < -0.4 is 9.46 Å². The Morgan fingerprint density at radius 2 is 2.05 bits per heavy atom. The molecule has 0 aliphatic carbocycles. The summed E-state index contributed by atoms with van der Waals surface area (Å²) in [6.07, 6.45) is 0.185. The molecular formula is C13H18ClNO5S. The number of ether oxygens (including phenoxy) is 1. The van der Waals surface area contributed by atoms with Crippen LogP contribution in [0.25, 0.3) is 0 Å². The van der Waals surface area contributed by atoms with Gasteiger partial charge in [-0.2, -0.15) is 4.72 Å². The van der Waals surface area contributed by atoms with Crippen molar-refractivity contribution in [1.82, 2.24) is 4.72 Å². The van der Waals surface area contributed by atoms with E-state index in [4.69, 9.17) is 21.4 Å². The Hall–Kier alpha value is -1.31. The van der Waals surface area contributed by atoms with Crippen LogP contribution in [0.5, 0.6) is 5.75 Å². The zero-order valence-electron chi connectivity index (χ0n) is 12.0. The van der Waals surface area contributed by atoms with Crippen LogP contribution in [-0.4, -0.2) is 32.6 Å². The van der Waals surface area contributed by atoms with Gasteiger partial charge in [0.1, 0.15) is 16.7 Å². The fourth-order valence-electron chi connectivity index (χ4n) is 1.78. The number of aliphatic carboxylic acids is 1. The van der Waals surface area contributed by atoms with Gasteiger partial charge < -0.3 is 9.84 Å². The first-order valence-corrected chi connectivity index (χ1v) is 8.12. The van der Waals surface area contributed by atoms with Crippen LogP contribution in [0.4, 0.5) is 0 Å². The number of benzene rings is 1. The number of rotatable bonds is 7. The molecule has 0 aliphatic rings. The second-order valence-corrected chi connectivity index (χ2v) is 7.06. The maximum absolute atomic E-state index is 12.3. The smallest absolute Gasteiger partial charge is 0.321 e. The number of hydrogen-bond donors (Lipinski definition) is 2. The highest BCUT2D eigenvalue weighted by atomic mass is 35.5. The Labute approximate surface area is 129 Å². The number of methoxy groups -OCH3 is 1. The van der Waals surface area contributed by atoms with E-state index in [2.05, 4.69) is 4.72 Å². The minimum absolute atomic E-state index is 0.0286. The van der Waals surface area contributed by atoms with Crippen molar-refractivity contribution in [2.24, 2.45) is 5.92 Å². The molecule has 1 rings (SSSR count). The van der Waals surface area contributed by atoms with Crippen LogP contribution in [-0.2, 0) is 14.8 Å². The largest absolute Gasteiger partial charge is 0.495 e. The van der Waals surface area contributed by atoms with Crippen LogP contribution in [0, 0.1) is 5.92 Å². The number of halogens is 1. The molecule has 0 saturated carbocycles. The lowest BCUT2D eigenvalue weighted by Gasteiger charge is -2.17. The first-order chi connectivity index (χ1) is 9.67. The Balaban J connectivity index is 3.13. The van der Waals surface area contributed by atoms with Crippen LogP contribution in [0.15, 0.2) is 23.1 Å². The third kappa shape index (κ3) is 4.87. The molecule has 1 aromatic rings. The molecule has 6 nitrogen and oxygen atoms in total. The summed E-state index contributed by atoms with van der Waals surface area (Å²) in [6, 6.07) is 2.83. The van der Waals surface area contributed by atoms with Crippen molar-refractivity contribution in [2.45, 2.75) is 31.2 Å². The second-order valence-electron chi connectivity index (χ2n) is 4.94. The summed E-state index contributed by atoms with van der Waals surface area (Å²) >= 11 is 5.78. The van der Waals surface area contributed by atoms with E-state index in [-0.39, 0.29) is 23.0 Å². The molecule has 118 valence electrons. The van der Waals surface area contributed by atoms with Gasteiger partial charge in [-0.1, -0.05) is 25.4 Å². The highest BCUT2D eigenvalue weighted by Crippen LogP contribution is 2.27. The van der Waals surface area contributed by atoms with Gasteiger partial charge in [0.05, 0.1) is 7.11 Å². The molecule has 0 radical (unpaired) electrons. The average Bonchev–Trinajstić information content (AvgIpc) is 2.36. The summed E-state index contributed by atoms with van der Waals surface area (Å²) in [6.45, 7) is 3.63. The molecule has 0 fully saturated rings. The molecule has 1 atom stereocenters. The lowest BCUT2D eigenvalue weighted by atomic mass is 10.1. The molecule has 8 heteroatoms. The summed E-state index contributed by atoms with van der Waals surface area (Å²) in [5.41, 5.74) is 0. The monoisotopic (exact) mass is 335 g/mol. The average molecular weight is 336 g/mol. The standard InChI is InChI=1S/C13H18ClNO5S/c1-8(2)6-10(13(16)17)15-21(18,19)12-5-4-9(14)7-11(12)20-3/h4-5,7-8,10,15H,6H2,1-3H3,(H,16,17)/t10-/m0/s1. The molecule has 1 aromatic carbocycles. The fourth-order valence-corrected chi connectivity index (χ4v) is 3.30. The third-order valence-corrected chi connectivity index (χ3v) is 4.46. The van der Waals surface area contributed by atoms with E-state index in [0.29, 0.717) is 5.02 Å². The van der Waals surface area contributed by atoms with Gasteiger partial charge in [-0.15, -0.1) is 0 Å². The third-order valence-electron chi connectivity index (χ3n) is 2.72. The van der Waals surface area contributed by atoms with E-state index >= 15 is 0 Å². The number of hydrogen-bond acceptors (Lipinski definition) is 4. The van der Waals surface area contributed by atoms with Gasteiger partial charge in [0.15, 0.2) is 0 Å². The predicted octanol–water partition coefficient (Wildman–Crippen LogP) is 2.13. The minimum Gasteiger partial charge on any atom is -0.495 e. The fraction of sp³-hybridized carbons (Fsp3) is 0.462. The SMILES string of the molecule is COc1cc(Cl)ccc1S(=O)(=O)N[C@@H](CC(C)C)C(=O)O. The van der Waals surface area contributed by atoms with Crippen LogP contribution in [0.3, 0.4) is 0 Å². The molecule has 2 N–H and O–H groups in total. The molecule has 0 aliphatic heterocycles. The number of carboxylic acids is 1. The van der Waals surface area contributed by atoms with E-state index in [9.17, 15) is 13.2 Å². The predicted molar refractivity (Wildman–Crippen MR) is 79.2 cm³/mol. The van der Waals surface area contributed by atoms with E-state index < -0.39 is 22.0 Å². The van der Waals surface area contributed by atoms with E-state index in [0.717, 1.165) is 0 Å². The Morgan fingerprint density at radius 1 is 1.43 bits per heavy atom. The lowest BCUT2D eigenvalue weighted by Crippen LogP contribution is -2.41. The maximum Gasteiger partial charge on any atom is 0.321 e. The zero-order chi connectivity index (χ0) is 16.2. The number of carbonyl (C=O) groups is 1. The summed E-state index contributed by atoms with van der Waals surface area (Å²) in [7, 11) is -2.71. The van der Waals surface area contributed by atoms with Gasteiger partial charge in [0.2, 0.25) is 10.0 Å². The summed E-state index contributed by atoms with van der Waals surface area (Å²) in [5, 5.41) is 9.45. The van der Waals surface area contributed by atoms with Crippen LogP contribution >= 0.6 is 11.6 Å². The molecule has 0 aromatic heterocycles. The van der Waals surface area contributed by atoms with Crippen molar-refractivity contribution in [3.8, 4) is 5.75 Å². The Morgan fingerprint density at radius 3 is 2.52 bits per heavy atom. The van der Waals surface area contributed by atoms with Crippen molar-refractivity contribution >= 4 is 27.6 Å². The molecule has 0 saturated heterocycles. The molecule has 0 heterocycles. The van der Waals surface area contributed by atoms with Gasteiger partial charge in [0, 0.05) is 11.1 Å². The van der Waals surface area contributed by atoms with Gasteiger partial charge >= 0.3 is 5.97 Å². The maximum atomic E-state index is 12.3. The Bertz CT molecular complexity index is 615. The second kappa shape index (κ2) is 7.11. The van der Waals surface area contributed by atoms with Crippen molar-refractivity contribution in [3.63, 3.8) is 0 Å². The topological polar surface area (TPSA) is 92.7 Å².